The smallest absolute Gasteiger partial charge is 0.230 e. The van der Waals surface area contributed by atoms with Crippen LogP contribution in [-0.2, 0) is 16.1 Å². The number of likely N-dealkylation sites (N-methyl/N-ethyl adjacent to an activating group) is 1. The van der Waals surface area contributed by atoms with Crippen LogP contribution in [0.5, 0.6) is 5.75 Å². The van der Waals surface area contributed by atoms with Gasteiger partial charge in [0.05, 0.1) is 31.0 Å². The third-order valence-corrected chi connectivity index (χ3v) is 5.67. The number of nitrogens with zero attached hydrogens (tertiary/aromatic N) is 2. The molecule has 7 nitrogen and oxygen atoms in total. The van der Waals surface area contributed by atoms with Gasteiger partial charge < -0.3 is 20.3 Å². The molecule has 0 radical (unpaired) electrons. The summed E-state index contributed by atoms with van der Waals surface area (Å²) in [6.07, 6.45) is 5.25. The van der Waals surface area contributed by atoms with Gasteiger partial charge >= 0.3 is 0 Å². The molecule has 28 heavy (non-hydrogen) atoms. The number of carbonyl (C=O) groups excluding carboxylic acids is 2. The molecule has 0 aromatic carbocycles. The van der Waals surface area contributed by atoms with Gasteiger partial charge in [-0.05, 0) is 40.0 Å². The number of pyridine rings is 1. The zero-order chi connectivity index (χ0) is 20.7. The molecule has 1 aromatic heterocycles. The Morgan fingerprint density at radius 3 is 2.75 bits per heavy atom. The van der Waals surface area contributed by atoms with E-state index in [9.17, 15) is 9.59 Å². The molecule has 1 aliphatic rings. The molecular formula is C20H32N4O3S. The van der Waals surface area contributed by atoms with Crippen molar-refractivity contribution in [1.82, 2.24) is 20.5 Å². The Bertz CT molecular complexity index is 698. The van der Waals surface area contributed by atoms with Crippen LogP contribution in [0.4, 0.5) is 0 Å². The maximum atomic E-state index is 12.7. The van der Waals surface area contributed by atoms with Gasteiger partial charge in [0, 0.05) is 36.5 Å². The average molecular weight is 409 g/mol. The molecule has 0 bridgehead atoms. The Morgan fingerprint density at radius 1 is 1.32 bits per heavy atom. The van der Waals surface area contributed by atoms with Crippen molar-refractivity contribution in [3.05, 3.63) is 23.0 Å². The Balaban J connectivity index is 1.93. The molecule has 0 saturated carbocycles. The van der Waals surface area contributed by atoms with Gasteiger partial charge in [-0.25, -0.2) is 0 Å². The number of ether oxygens (including phenoxy) is 1. The number of methoxy groups -OCH3 is 1. The van der Waals surface area contributed by atoms with Crippen molar-refractivity contribution in [2.45, 2.75) is 39.3 Å². The Kier molecular flexibility index (Phi) is 8.57. The van der Waals surface area contributed by atoms with Crippen LogP contribution in [-0.4, -0.2) is 67.0 Å². The molecule has 1 aliphatic heterocycles. The van der Waals surface area contributed by atoms with Crippen LogP contribution in [0, 0.1) is 19.8 Å². The second kappa shape index (κ2) is 10.7. The summed E-state index contributed by atoms with van der Waals surface area (Å²) in [7, 11) is 3.64. The first kappa shape index (κ1) is 22.5. The normalized spacial score (nSPS) is 20.3. The molecular weight excluding hydrogens is 376 g/mol. The van der Waals surface area contributed by atoms with Gasteiger partial charge in [-0.2, -0.15) is 11.8 Å². The van der Waals surface area contributed by atoms with Gasteiger partial charge in [0.1, 0.15) is 5.75 Å². The highest BCUT2D eigenvalue weighted by Crippen LogP contribution is 2.24. The van der Waals surface area contributed by atoms with E-state index in [1.165, 1.54) is 11.8 Å². The number of hydrogen-bond donors (Lipinski definition) is 2. The predicted molar refractivity (Wildman–Crippen MR) is 113 cm³/mol. The zero-order valence-corrected chi connectivity index (χ0v) is 18.3. The molecule has 156 valence electrons. The topological polar surface area (TPSA) is 83.6 Å². The maximum absolute atomic E-state index is 12.7. The van der Waals surface area contributed by atoms with Crippen molar-refractivity contribution in [2.24, 2.45) is 5.92 Å². The summed E-state index contributed by atoms with van der Waals surface area (Å²) >= 11 is 1.51. The van der Waals surface area contributed by atoms with Crippen LogP contribution in [0.1, 0.15) is 29.7 Å². The highest BCUT2D eigenvalue weighted by atomic mass is 32.2. The summed E-state index contributed by atoms with van der Waals surface area (Å²) in [4.78, 5) is 31.2. The number of likely N-dealkylation sites (tertiary alicyclic amines) is 1. The lowest BCUT2D eigenvalue weighted by Crippen LogP contribution is -2.42. The fourth-order valence-corrected chi connectivity index (χ4v) is 4.05. The first-order valence-corrected chi connectivity index (χ1v) is 11.0. The highest BCUT2D eigenvalue weighted by molar-refractivity contribution is 7.99. The quantitative estimate of drug-likeness (QED) is 0.712. The summed E-state index contributed by atoms with van der Waals surface area (Å²) in [5.41, 5.74) is 2.76. The molecule has 2 atom stereocenters. The molecule has 0 aliphatic carbocycles. The zero-order valence-electron chi connectivity index (χ0n) is 17.5. The molecule has 8 heteroatoms. The SMILES string of the molecule is COc1c(C)cnc(CNC(=O)[C@@H]2CC[C@H](NC(=O)CSC)CN(C)C2)c1C. The fraction of sp³-hybridized carbons (Fsp3) is 0.650. The molecule has 2 rings (SSSR count). The number of rotatable bonds is 7. The molecule has 0 unspecified atom stereocenters. The molecule has 2 N–H and O–H groups in total. The summed E-state index contributed by atoms with van der Waals surface area (Å²) in [5, 5.41) is 6.11. The molecule has 1 fully saturated rings. The van der Waals surface area contributed by atoms with Gasteiger partial charge in [0.2, 0.25) is 11.8 Å². The third kappa shape index (κ3) is 6.10. The van der Waals surface area contributed by atoms with Crippen LogP contribution < -0.4 is 15.4 Å². The number of thioether (sulfide) groups is 1. The number of amides is 2. The molecule has 2 amide bonds. The lowest BCUT2D eigenvalue weighted by molar-refractivity contribution is -0.125. The monoisotopic (exact) mass is 408 g/mol. The summed E-state index contributed by atoms with van der Waals surface area (Å²) in [5.74, 6) is 1.28. The van der Waals surface area contributed by atoms with Crippen LogP contribution in [0.2, 0.25) is 0 Å². The number of carbonyl (C=O) groups is 2. The largest absolute Gasteiger partial charge is 0.496 e. The maximum Gasteiger partial charge on any atom is 0.230 e. The van der Waals surface area contributed by atoms with Crippen LogP contribution in [0.15, 0.2) is 6.20 Å². The molecule has 1 aromatic rings. The number of hydrogen-bond acceptors (Lipinski definition) is 6. The molecule has 1 saturated heterocycles. The lowest BCUT2D eigenvalue weighted by Gasteiger charge is -2.22. The Labute approximate surface area is 172 Å². The van der Waals surface area contributed by atoms with E-state index in [2.05, 4.69) is 20.5 Å². The first-order valence-electron chi connectivity index (χ1n) is 9.59. The Morgan fingerprint density at radius 2 is 2.07 bits per heavy atom. The summed E-state index contributed by atoms with van der Waals surface area (Å²) in [6, 6.07) is 0.0905. The number of nitrogens with one attached hydrogen (secondary N) is 2. The van der Waals surface area contributed by atoms with Crippen molar-refractivity contribution >= 4 is 23.6 Å². The first-order chi connectivity index (χ1) is 13.3. The van der Waals surface area contributed by atoms with Crippen LogP contribution in [0.3, 0.4) is 0 Å². The van der Waals surface area contributed by atoms with E-state index < -0.39 is 0 Å². The minimum absolute atomic E-state index is 0.0312. The predicted octanol–water partition coefficient (Wildman–Crippen LogP) is 1.51. The van der Waals surface area contributed by atoms with Crippen molar-refractivity contribution in [2.75, 3.05) is 39.3 Å². The average Bonchev–Trinajstić information content (AvgIpc) is 2.82. The number of aryl methyl sites for hydroxylation is 1. The lowest BCUT2D eigenvalue weighted by atomic mass is 10.0. The number of aromatic nitrogens is 1. The van der Waals surface area contributed by atoms with E-state index >= 15 is 0 Å². The summed E-state index contributed by atoms with van der Waals surface area (Å²) in [6.45, 7) is 5.75. The van der Waals surface area contributed by atoms with Crippen LogP contribution >= 0.6 is 11.8 Å². The van der Waals surface area contributed by atoms with Crippen molar-refractivity contribution in [3.63, 3.8) is 0 Å². The molecule has 0 spiro atoms. The van der Waals surface area contributed by atoms with E-state index in [4.69, 9.17) is 4.74 Å². The second-order valence-electron chi connectivity index (χ2n) is 7.46. The standard InChI is InChI=1S/C20H32N4O3S/c1-13-8-21-17(14(2)19(13)27-4)9-22-20(26)15-6-7-16(11-24(3)10-15)23-18(25)12-28-5/h8,15-16H,6-7,9-12H2,1-5H3,(H,22,26)(H,23,25)/t15-,16+/m1/s1. The van der Waals surface area contributed by atoms with Gasteiger partial charge in [-0.15, -0.1) is 0 Å². The van der Waals surface area contributed by atoms with E-state index in [0.29, 0.717) is 18.8 Å². The third-order valence-electron chi connectivity index (χ3n) is 5.12. The van der Waals surface area contributed by atoms with Gasteiger partial charge in [-0.3, -0.25) is 14.6 Å². The van der Waals surface area contributed by atoms with E-state index in [0.717, 1.165) is 42.0 Å². The van der Waals surface area contributed by atoms with Crippen molar-refractivity contribution in [1.29, 1.82) is 0 Å². The van der Waals surface area contributed by atoms with Gasteiger partial charge in [-0.1, -0.05) is 0 Å². The van der Waals surface area contributed by atoms with Crippen molar-refractivity contribution < 1.29 is 14.3 Å². The Hall–Kier alpha value is -1.80. The van der Waals surface area contributed by atoms with Gasteiger partial charge in [0.15, 0.2) is 0 Å². The minimum Gasteiger partial charge on any atom is -0.496 e. The molecule has 2 heterocycles. The van der Waals surface area contributed by atoms with E-state index in [-0.39, 0.29) is 23.8 Å². The van der Waals surface area contributed by atoms with Crippen LogP contribution in [0.25, 0.3) is 0 Å². The summed E-state index contributed by atoms with van der Waals surface area (Å²) < 4.78 is 5.44. The highest BCUT2D eigenvalue weighted by Gasteiger charge is 2.27. The minimum atomic E-state index is -0.0971. The fourth-order valence-electron chi connectivity index (χ4n) is 3.71. The van der Waals surface area contributed by atoms with Crippen molar-refractivity contribution in [3.8, 4) is 5.75 Å². The van der Waals surface area contributed by atoms with E-state index in [1.54, 1.807) is 13.3 Å². The second-order valence-corrected chi connectivity index (χ2v) is 8.32. The van der Waals surface area contributed by atoms with Gasteiger partial charge in [0.25, 0.3) is 0 Å². The van der Waals surface area contributed by atoms with E-state index in [1.807, 2.05) is 27.2 Å².